The first-order valence-electron chi connectivity index (χ1n) is 8.50. The lowest BCUT2D eigenvalue weighted by Gasteiger charge is -2.36. The molecular weight excluding hydrogens is 308 g/mol. The first kappa shape index (κ1) is 15.4. The first-order chi connectivity index (χ1) is 11.7. The third-order valence-electron chi connectivity index (χ3n) is 5.15. The van der Waals surface area contributed by atoms with E-state index in [-0.39, 0.29) is 30.6 Å². The van der Waals surface area contributed by atoms with Crippen LogP contribution in [0.1, 0.15) is 23.2 Å². The zero-order valence-electron chi connectivity index (χ0n) is 13.8. The molecule has 3 fully saturated rings. The molecular formula is C18H22N2O4. The van der Waals surface area contributed by atoms with E-state index < -0.39 is 0 Å². The van der Waals surface area contributed by atoms with Gasteiger partial charge in [-0.1, -0.05) is 0 Å². The smallest absolute Gasteiger partial charge is 0.254 e. The highest BCUT2D eigenvalue weighted by Gasteiger charge is 2.45. The van der Waals surface area contributed by atoms with Crippen molar-refractivity contribution >= 4 is 11.8 Å². The number of nitrogens with zero attached hydrogens (tertiary/aromatic N) is 2. The Morgan fingerprint density at radius 3 is 2.67 bits per heavy atom. The molecule has 24 heavy (non-hydrogen) atoms. The third-order valence-corrected chi connectivity index (χ3v) is 5.15. The maximum Gasteiger partial charge on any atom is 0.254 e. The van der Waals surface area contributed by atoms with Crippen LogP contribution in [0.15, 0.2) is 24.3 Å². The maximum atomic E-state index is 12.7. The lowest BCUT2D eigenvalue weighted by Crippen LogP contribution is -2.54. The average Bonchev–Trinajstić information content (AvgIpc) is 3.33. The Labute approximate surface area is 141 Å². The minimum atomic E-state index is -0.0661. The van der Waals surface area contributed by atoms with Crippen molar-refractivity contribution in [1.29, 1.82) is 0 Å². The van der Waals surface area contributed by atoms with E-state index >= 15 is 0 Å². The molecule has 6 nitrogen and oxygen atoms in total. The number of benzene rings is 1. The van der Waals surface area contributed by atoms with Crippen LogP contribution in [0.4, 0.5) is 0 Å². The molecule has 2 amide bonds. The second-order valence-corrected chi connectivity index (χ2v) is 6.84. The SMILES string of the molecule is COc1ccc(C(=O)N2CC3OCC(=O)N(CC4CC4)C3C2)cc1. The standard InChI is InChI=1S/C18H22N2O4/c1-23-14-6-4-13(5-7-14)18(22)19-9-15-16(10-19)24-11-17(21)20(15)8-12-2-3-12/h4-7,12,15-16H,2-3,8-11H2,1H3. The van der Waals surface area contributed by atoms with E-state index in [4.69, 9.17) is 9.47 Å². The summed E-state index contributed by atoms with van der Waals surface area (Å²) in [4.78, 5) is 28.7. The summed E-state index contributed by atoms with van der Waals surface area (Å²) in [5.74, 6) is 1.40. The largest absolute Gasteiger partial charge is 0.497 e. The van der Waals surface area contributed by atoms with Crippen molar-refractivity contribution in [3.63, 3.8) is 0 Å². The van der Waals surface area contributed by atoms with E-state index in [1.807, 2.05) is 4.90 Å². The molecule has 2 unspecified atom stereocenters. The van der Waals surface area contributed by atoms with Crippen molar-refractivity contribution in [2.45, 2.75) is 25.0 Å². The Morgan fingerprint density at radius 1 is 1.25 bits per heavy atom. The van der Waals surface area contributed by atoms with Crippen molar-refractivity contribution in [2.24, 2.45) is 5.92 Å². The molecule has 4 rings (SSSR count). The number of hydrogen-bond acceptors (Lipinski definition) is 4. The second-order valence-electron chi connectivity index (χ2n) is 6.84. The van der Waals surface area contributed by atoms with Gasteiger partial charge in [0.25, 0.3) is 5.91 Å². The summed E-state index contributed by atoms with van der Waals surface area (Å²) in [6.45, 7) is 2.05. The van der Waals surface area contributed by atoms with Crippen LogP contribution in [-0.2, 0) is 9.53 Å². The minimum Gasteiger partial charge on any atom is -0.497 e. The van der Waals surface area contributed by atoms with Gasteiger partial charge < -0.3 is 19.3 Å². The molecule has 0 N–H and O–H groups in total. The number of methoxy groups -OCH3 is 1. The summed E-state index contributed by atoms with van der Waals surface area (Å²) >= 11 is 0. The molecule has 2 heterocycles. The number of morpholine rings is 1. The predicted octanol–water partition coefficient (Wildman–Crippen LogP) is 1.16. The molecule has 1 saturated carbocycles. The number of hydrogen-bond donors (Lipinski definition) is 0. The summed E-state index contributed by atoms with van der Waals surface area (Å²) in [7, 11) is 1.60. The van der Waals surface area contributed by atoms with E-state index in [9.17, 15) is 9.59 Å². The van der Waals surface area contributed by atoms with Crippen LogP contribution in [0, 0.1) is 5.92 Å². The van der Waals surface area contributed by atoms with Crippen LogP contribution in [0.3, 0.4) is 0 Å². The summed E-state index contributed by atoms with van der Waals surface area (Å²) in [5, 5.41) is 0. The topological polar surface area (TPSA) is 59.1 Å². The number of fused-ring (bicyclic) bond motifs is 1. The van der Waals surface area contributed by atoms with Gasteiger partial charge in [0.05, 0.1) is 19.3 Å². The summed E-state index contributed by atoms with van der Waals surface area (Å²) in [5.41, 5.74) is 0.634. The Kier molecular flexibility index (Phi) is 3.92. The summed E-state index contributed by atoms with van der Waals surface area (Å²) in [6, 6.07) is 7.12. The fraction of sp³-hybridized carbons (Fsp3) is 0.556. The first-order valence-corrected chi connectivity index (χ1v) is 8.50. The van der Waals surface area contributed by atoms with Crippen molar-refractivity contribution in [3.05, 3.63) is 29.8 Å². The molecule has 2 atom stereocenters. The molecule has 0 bridgehead atoms. The van der Waals surface area contributed by atoms with Gasteiger partial charge in [-0.2, -0.15) is 0 Å². The fourth-order valence-corrected chi connectivity index (χ4v) is 3.56. The van der Waals surface area contributed by atoms with Gasteiger partial charge in [0.2, 0.25) is 5.91 Å². The van der Waals surface area contributed by atoms with Gasteiger partial charge in [0.1, 0.15) is 12.4 Å². The molecule has 1 aromatic carbocycles. The quantitative estimate of drug-likeness (QED) is 0.831. The summed E-state index contributed by atoms with van der Waals surface area (Å²) in [6.07, 6.45) is 2.34. The highest BCUT2D eigenvalue weighted by molar-refractivity contribution is 5.94. The normalized spacial score (nSPS) is 26.5. The van der Waals surface area contributed by atoms with Crippen LogP contribution >= 0.6 is 0 Å². The van der Waals surface area contributed by atoms with Crippen molar-refractivity contribution in [2.75, 3.05) is 33.4 Å². The molecule has 0 aromatic heterocycles. The Morgan fingerprint density at radius 2 is 2.00 bits per heavy atom. The van der Waals surface area contributed by atoms with Crippen molar-refractivity contribution in [3.8, 4) is 5.75 Å². The zero-order valence-corrected chi connectivity index (χ0v) is 13.8. The number of rotatable bonds is 4. The van der Waals surface area contributed by atoms with Crippen LogP contribution in [0.2, 0.25) is 0 Å². The van der Waals surface area contributed by atoms with Crippen LogP contribution in [0.5, 0.6) is 5.75 Å². The van der Waals surface area contributed by atoms with Gasteiger partial charge in [-0.05, 0) is 43.0 Å². The average molecular weight is 330 g/mol. The van der Waals surface area contributed by atoms with Crippen molar-refractivity contribution in [1.82, 2.24) is 9.80 Å². The molecule has 0 radical (unpaired) electrons. The van der Waals surface area contributed by atoms with Crippen LogP contribution in [0.25, 0.3) is 0 Å². The highest BCUT2D eigenvalue weighted by atomic mass is 16.5. The number of amides is 2. The third kappa shape index (κ3) is 2.86. The van der Waals surface area contributed by atoms with E-state index in [1.165, 1.54) is 12.8 Å². The molecule has 3 aliphatic rings. The molecule has 2 saturated heterocycles. The second kappa shape index (κ2) is 6.09. The Hall–Kier alpha value is -2.08. The molecule has 128 valence electrons. The van der Waals surface area contributed by atoms with Crippen LogP contribution < -0.4 is 4.74 Å². The van der Waals surface area contributed by atoms with Gasteiger partial charge in [0, 0.05) is 25.2 Å². The van der Waals surface area contributed by atoms with Gasteiger partial charge in [-0.15, -0.1) is 0 Å². The number of carbonyl (C=O) groups excluding carboxylic acids is 2. The zero-order chi connectivity index (χ0) is 16.7. The number of carbonyl (C=O) groups is 2. The van der Waals surface area contributed by atoms with Crippen molar-refractivity contribution < 1.29 is 19.1 Å². The number of likely N-dealkylation sites (tertiary alicyclic amines) is 1. The van der Waals surface area contributed by atoms with E-state index in [2.05, 4.69) is 0 Å². The van der Waals surface area contributed by atoms with Gasteiger partial charge >= 0.3 is 0 Å². The molecule has 2 aliphatic heterocycles. The minimum absolute atomic E-state index is 0.00551. The fourth-order valence-electron chi connectivity index (χ4n) is 3.56. The predicted molar refractivity (Wildman–Crippen MR) is 86.9 cm³/mol. The Bertz CT molecular complexity index is 641. The van der Waals surface area contributed by atoms with Gasteiger partial charge in [-0.3, -0.25) is 9.59 Å². The van der Waals surface area contributed by atoms with E-state index in [1.54, 1.807) is 36.3 Å². The Balaban J connectivity index is 1.47. The molecule has 0 spiro atoms. The summed E-state index contributed by atoms with van der Waals surface area (Å²) < 4.78 is 10.8. The van der Waals surface area contributed by atoms with E-state index in [0.717, 1.165) is 12.3 Å². The van der Waals surface area contributed by atoms with Gasteiger partial charge in [0.15, 0.2) is 0 Å². The molecule has 1 aromatic rings. The molecule has 1 aliphatic carbocycles. The van der Waals surface area contributed by atoms with Gasteiger partial charge in [-0.25, -0.2) is 0 Å². The van der Waals surface area contributed by atoms with E-state index in [0.29, 0.717) is 24.6 Å². The number of ether oxygens (including phenoxy) is 2. The maximum absolute atomic E-state index is 12.7. The monoisotopic (exact) mass is 330 g/mol. The lowest BCUT2D eigenvalue weighted by molar-refractivity contribution is -0.153. The highest BCUT2D eigenvalue weighted by Crippen LogP contribution is 2.33. The van der Waals surface area contributed by atoms with Crippen LogP contribution in [-0.4, -0.2) is 67.1 Å². The molecule has 6 heteroatoms. The lowest BCUT2D eigenvalue weighted by atomic mass is 10.1.